The number of methoxy groups -OCH3 is 1. The lowest BCUT2D eigenvalue weighted by Gasteiger charge is -2.11. The van der Waals surface area contributed by atoms with Gasteiger partial charge in [-0.15, -0.1) is 0 Å². The highest BCUT2D eigenvalue weighted by Crippen LogP contribution is 2.24. The number of aromatic amines is 1. The first-order chi connectivity index (χ1) is 13.0. The molecule has 5 heteroatoms. The van der Waals surface area contributed by atoms with Crippen LogP contribution in [0.15, 0.2) is 54.6 Å². The summed E-state index contributed by atoms with van der Waals surface area (Å²) in [6.07, 6.45) is 2.01. The third-order valence-electron chi connectivity index (χ3n) is 4.34. The minimum Gasteiger partial charge on any atom is -0.496 e. The number of ketones is 1. The lowest BCUT2D eigenvalue weighted by Crippen LogP contribution is -2.24. The minimum atomic E-state index is -0.891. The molecule has 0 aliphatic carbocycles. The normalized spacial score (nSPS) is 12.3. The summed E-state index contributed by atoms with van der Waals surface area (Å²) in [6.45, 7) is 3.42. The van der Waals surface area contributed by atoms with Gasteiger partial charge < -0.3 is 14.5 Å². The van der Waals surface area contributed by atoms with Crippen LogP contribution >= 0.6 is 0 Å². The second-order valence-corrected chi connectivity index (χ2v) is 6.19. The lowest BCUT2D eigenvalue weighted by molar-refractivity contribution is -0.140. The van der Waals surface area contributed by atoms with Crippen molar-refractivity contribution in [3.05, 3.63) is 71.4 Å². The van der Waals surface area contributed by atoms with Gasteiger partial charge >= 0.3 is 5.97 Å². The van der Waals surface area contributed by atoms with Crippen LogP contribution in [0.5, 0.6) is 5.75 Å². The lowest BCUT2D eigenvalue weighted by atomic mass is 10.0. The molecule has 138 valence electrons. The summed E-state index contributed by atoms with van der Waals surface area (Å²) in [5.41, 5.74) is 2.95. The number of hydrogen-bond acceptors (Lipinski definition) is 4. The highest BCUT2D eigenvalue weighted by Gasteiger charge is 2.23. The molecular weight excluding hydrogens is 342 g/mol. The van der Waals surface area contributed by atoms with Crippen molar-refractivity contribution in [3.8, 4) is 5.75 Å². The number of esters is 1. The Morgan fingerprint density at radius 3 is 2.56 bits per heavy atom. The minimum absolute atomic E-state index is 0.232. The van der Waals surface area contributed by atoms with E-state index in [0.717, 1.165) is 22.2 Å². The van der Waals surface area contributed by atoms with Gasteiger partial charge in [-0.1, -0.05) is 36.4 Å². The van der Waals surface area contributed by atoms with Crippen molar-refractivity contribution >= 4 is 28.7 Å². The molecule has 3 aromatic rings. The van der Waals surface area contributed by atoms with Crippen LogP contribution in [0.1, 0.15) is 28.5 Å². The van der Waals surface area contributed by atoms with Gasteiger partial charge in [-0.05, 0) is 32.1 Å². The number of rotatable bonds is 6. The van der Waals surface area contributed by atoms with E-state index in [9.17, 15) is 9.59 Å². The molecule has 5 nitrogen and oxygen atoms in total. The van der Waals surface area contributed by atoms with Gasteiger partial charge in [0.2, 0.25) is 5.78 Å². The maximum Gasteiger partial charge on any atom is 0.331 e. The first kappa shape index (κ1) is 18.5. The van der Waals surface area contributed by atoms with Crippen molar-refractivity contribution in [2.45, 2.75) is 20.0 Å². The third kappa shape index (κ3) is 3.92. The second kappa shape index (κ2) is 7.91. The Morgan fingerprint density at radius 2 is 1.78 bits per heavy atom. The predicted octanol–water partition coefficient (Wildman–Crippen LogP) is 4.31. The summed E-state index contributed by atoms with van der Waals surface area (Å²) in [5.74, 6) is -0.164. The molecule has 1 N–H and O–H groups in total. The Labute approximate surface area is 157 Å². The van der Waals surface area contributed by atoms with Gasteiger partial charge in [0.15, 0.2) is 6.10 Å². The Bertz CT molecular complexity index is 1020. The van der Waals surface area contributed by atoms with Gasteiger partial charge in [0, 0.05) is 33.8 Å². The van der Waals surface area contributed by atoms with E-state index in [1.807, 2.05) is 49.4 Å². The number of carbonyl (C=O) groups excluding carboxylic acids is 2. The van der Waals surface area contributed by atoms with Gasteiger partial charge in [-0.2, -0.15) is 0 Å². The Kier molecular flexibility index (Phi) is 5.41. The fraction of sp³-hybridized carbons (Fsp3) is 0.182. The quantitative estimate of drug-likeness (QED) is 0.402. The topological polar surface area (TPSA) is 68.4 Å². The van der Waals surface area contributed by atoms with E-state index in [1.165, 1.54) is 6.08 Å². The highest BCUT2D eigenvalue weighted by molar-refractivity contribution is 6.11. The monoisotopic (exact) mass is 363 g/mol. The zero-order chi connectivity index (χ0) is 19.4. The largest absolute Gasteiger partial charge is 0.496 e. The number of aromatic nitrogens is 1. The van der Waals surface area contributed by atoms with Crippen LogP contribution in [0.25, 0.3) is 17.0 Å². The molecule has 27 heavy (non-hydrogen) atoms. The van der Waals surface area contributed by atoms with E-state index in [-0.39, 0.29) is 5.78 Å². The molecule has 0 saturated carbocycles. The van der Waals surface area contributed by atoms with Gasteiger partial charge in [0.1, 0.15) is 5.75 Å². The molecule has 0 radical (unpaired) electrons. The van der Waals surface area contributed by atoms with Crippen molar-refractivity contribution in [1.82, 2.24) is 4.98 Å². The number of fused-ring (bicyclic) bond motifs is 1. The number of benzene rings is 2. The van der Waals surface area contributed by atoms with E-state index in [1.54, 1.807) is 26.2 Å². The standard InChI is InChI=1S/C22H21NO4/c1-14-21(17-9-5-6-10-18(17)23-14)22(25)15(2)27-20(24)13-12-16-8-4-7-11-19(16)26-3/h4-13,15,23H,1-3H3/b13-12+/t15-/m0/s1. The second-order valence-electron chi connectivity index (χ2n) is 6.19. The van der Waals surface area contributed by atoms with Crippen molar-refractivity contribution in [1.29, 1.82) is 0 Å². The molecule has 0 amide bonds. The van der Waals surface area contributed by atoms with E-state index < -0.39 is 12.1 Å². The number of para-hydroxylation sites is 2. The Hall–Kier alpha value is -3.34. The van der Waals surface area contributed by atoms with Gasteiger partial charge in [-0.25, -0.2) is 4.79 Å². The molecule has 0 unspecified atom stereocenters. The molecule has 0 aliphatic rings. The molecule has 3 rings (SSSR count). The van der Waals surface area contributed by atoms with Gasteiger partial charge in [0.25, 0.3) is 0 Å². The number of hydrogen-bond donors (Lipinski definition) is 1. The predicted molar refractivity (Wildman–Crippen MR) is 105 cm³/mol. The Morgan fingerprint density at radius 1 is 1.07 bits per heavy atom. The average molecular weight is 363 g/mol. The molecule has 1 aromatic heterocycles. The summed E-state index contributed by atoms with van der Waals surface area (Å²) in [5, 5.41) is 0.826. The highest BCUT2D eigenvalue weighted by atomic mass is 16.5. The van der Waals surface area contributed by atoms with E-state index in [2.05, 4.69) is 4.98 Å². The summed E-state index contributed by atoms with van der Waals surface area (Å²) < 4.78 is 10.5. The Balaban J connectivity index is 1.73. The van der Waals surface area contributed by atoms with Gasteiger partial charge in [-0.3, -0.25) is 4.79 Å². The van der Waals surface area contributed by atoms with Crippen LogP contribution < -0.4 is 4.74 Å². The van der Waals surface area contributed by atoms with Crippen LogP contribution in [0.2, 0.25) is 0 Å². The van der Waals surface area contributed by atoms with E-state index >= 15 is 0 Å². The number of ether oxygens (including phenoxy) is 2. The maximum atomic E-state index is 12.8. The first-order valence-corrected chi connectivity index (χ1v) is 8.64. The molecule has 1 atom stereocenters. The average Bonchev–Trinajstić information content (AvgIpc) is 3.01. The zero-order valence-electron chi connectivity index (χ0n) is 15.5. The molecule has 1 heterocycles. The van der Waals surface area contributed by atoms with Crippen LogP contribution in [-0.2, 0) is 9.53 Å². The number of aryl methyl sites for hydroxylation is 1. The van der Waals surface area contributed by atoms with Gasteiger partial charge in [0.05, 0.1) is 7.11 Å². The van der Waals surface area contributed by atoms with Crippen molar-refractivity contribution in [2.24, 2.45) is 0 Å². The van der Waals surface area contributed by atoms with Crippen LogP contribution in [0, 0.1) is 6.92 Å². The molecule has 2 aromatic carbocycles. The van der Waals surface area contributed by atoms with Crippen molar-refractivity contribution in [2.75, 3.05) is 7.11 Å². The van der Waals surface area contributed by atoms with E-state index in [0.29, 0.717) is 11.3 Å². The number of nitrogens with one attached hydrogen (secondary N) is 1. The first-order valence-electron chi connectivity index (χ1n) is 8.64. The third-order valence-corrected chi connectivity index (χ3v) is 4.34. The summed E-state index contributed by atoms with van der Waals surface area (Å²) in [7, 11) is 1.56. The van der Waals surface area contributed by atoms with Crippen molar-refractivity contribution < 1.29 is 19.1 Å². The summed E-state index contributed by atoms with van der Waals surface area (Å²) in [4.78, 5) is 28.1. The van der Waals surface area contributed by atoms with Crippen LogP contribution in [0.3, 0.4) is 0 Å². The fourth-order valence-electron chi connectivity index (χ4n) is 3.03. The zero-order valence-corrected chi connectivity index (χ0v) is 15.5. The van der Waals surface area contributed by atoms with Crippen LogP contribution in [-0.4, -0.2) is 30.0 Å². The smallest absolute Gasteiger partial charge is 0.331 e. The molecule has 0 aliphatic heterocycles. The molecular formula is C22H21NO4. The number of carbonyl (C=O) groups is 2. The number of Topliss-reactive ketones (excluding diaryl/α,β-unsaturated/α-hetero) is 1. The number of H-pyrrole nitrogens is 1. The summed E-state index contributed by atoms with van der Waals surface area (Å²) in [6, 6.07) is 14.9. The summed E-state index contributed by atoms with van der Waals surface area (Å²) >= 11 is 0. The SMILES string of the molecule is COc1ccccc1/C=C/C(=O)O[C@@H](C)C(=O)c1c(C)[nH]c2ccccc12. The van der Waals surface area contributed by atoms with Crippen molar-refractivity contribution in [3.63, 3.8) is 0 Å². The maximum absolute atomic E-state index is 12.8. The molecule has 0 fully saturated rings. The molecule has 0 spiro atoms. The van der Waals surface area contributed by atoms with Crippen LogP contribution in [0.4, 0.5) is 0 Å². The fourth-order valence-corrected chi connectivity index (χ4v) is 3.03. The molecule has 0 saturated heterocycles. The van der Waals surface area contributed by atoms with E-state index in [4.69, 9.17) is 9.47 Å². The molecule has 0 bridgehead atoms.